The van der Waals surface area contributed by atoms with Gasteiger partial charge in [-0.15, -0.1) is 0 Å². The lowest BCUT2D eigenvalue weighted by Crippen LogP contribution is -2.47. The van der Waals surface area contributed by atoms with E-state index in [-0.39, 0.29) is 12.5 Å². The molecule has 0 aromatic heterocycles. The molecule has 0 bridgehead atoms. The Morgan fingerprint density at radius 1 is 1.42 bits per heavy atom. The van der Waals surface area contributed by atoms with Crippen LogP contribution in [0, 0.1) is 0 Å². The molecule has 1 N–H and O–H groups in total. The van der Waals surface area contributed by atoms with Gasteiger partial charge in [0.15, 0.2) is 0 Å². The molecule has 1 aromatic carbocycles. The summed E-state index contributed by atoms with van der Waals surface area (Å²) in [7, 11) is 0. The molecule has 0 aliphatic heterocycles. The molecule has 2 rings (SSSR count). The first-order chi connectivity index (χ1) is 9.13. The van der Waals surface area contributed by atoms with Crippen molar-refractivity contribution in [3.63, 3.8) is 0 Å². The molecule has 19 heavy (non-hydrogen) atoms. The number of aryl methyl sites for hydroxylation is 1. The van der Waals surface area contributed by atoms with Gasteiger partial charge in [-0.2, -0.15) is 0 Å². The zero-order valence-electron chi connectivity index (χ0n) is 11.9. The van der Waals surface area contributed by atoms with Crippen LogP contribution in [-0.2, 0) is 16.6 Å². The SMILES string of the molecule is CCN(CCO)C(=O)C1(C)CCCc2ccccc21. The molecule has 3 nitrogen and oxygen atoms in total. The van der Waals surface area contributed by atoms with Crippen molar-refractivity contribution in [3.8, 4) is 0 Å². The number of carbonyl (C=O) groups is 1. The number of fused-ring (bicyclic) bond motifs is 1. The Bertz CT molecular complexity index is 458. The topological polar surface area (TPSA) is 40.5 Å². The van der Waals surface area contributed by atoms with E-state index in [1.54, 1.807) is 4.90 Å². The van der Waals surface area contributed by atoms with Gasteiger partial charge in [0.2, 0.25) is 5.91 Å². The standard InChI is InChI=1S/C16H23NO2/c1-3-17(11-12-18)15(19)16(2)10-6-8-13-7-4-5-9-14(13)16/h4-5,7,9,18H,3,6,8,10-12H2,1-2H3. The fraction of sp³-hybridized carbons (Fsp3) is 0.562. The third kappa shape index (κ3) is 2.52. The van der Waals surface area contributed by atoms with E-state index in [1.807, 2.05) is 26.0 Å². The van der Waals surface area contributed by atoms with Gasteiger partial charge in [0.25, 0.3) is 0 Å². The third-order valence-corrected chi connectivity index (χ3v) is 4.25. The second-order valence-corrected chi connectivity index (χ2v) is 5.45. The molecule has 1 aromatic rings. The second-order valence-electron chi connectivity index (χ2n) is 5.45. The van der Waals surface area contributed by atoms with Crippen LogP contribution in [0.25, 0.3) is 0 Å². The maximum atomic E-state index is 12.8. The number of hydrogen-bond donors (Lipinski definition) is 1. The van der Waals surface area contributed by atoms with Crippen molar-refractivity contribution < 1.29 is 9.90 Å². The summed E-state index contributed by atoms with van der Waals surface area (Å²) >= 11 is 0. The van der Waals surface area contributed by atoms with Crippen LogP contribution in [0.4, 0.5) is 0 Å². The van der Waals surface area contributed by atoms with Gasteiger partial charge in [-0.3, -0.25) is 4.79 Å². The maximum absolute atomic E-state index is 12.8. The number of benzene rings is 1. The van der Waals surface area contributed by atoms with Crippen molar-refractivity contribution in [2.75, 3.05) is 19.7 Å². The van der Waals surface area contributed by atoms with Crippen LogP contribution in [0.3, 0.4) is 0 Å². The molecule has 0 spiro atoms. The van der Waals surface area contributed by atoms with Gasteiger partial charge < -0.3 is 10.0 Å². The Morgan fingerprint density at radius 3 is 2.84 bits per heavy atom. The Labute approximate surface area is 115 Å². The average molecular weight is 261 g/mol. The molecule has 1 atom stereocenters. The number of nitrogens with zero attached hydrogens (tertiary/aromatic N) is 1. The summed E-state index contributed by atoms with van der Waals surface area (Å²) in [6.07, 6.45) is 3.01. The van der Waals surface area contributed by atoms with Crippen molar-refractivity contribution in [3.05, 3.63) is 35.4 Å². The largest absolute Gasteiger partial charge is 0.395 e. The Hall–Kier alpha value is -1.35. The van der Waals surface area contributed by atoms with Gasteiger partial charge in [0.1, 0.15) is 0 Å². The van der Waals surface area contributed by atoms with Crippen LogP contribution >= 0.6 is 0 Å². The number of aliphatic hydroxyl groups is 1. The minimum absolute atomic E-state index is 0.0251. The van der Waals surface area contributed by atoms with Crippen LogP contribution in [0.2, 0.25) is 0 Å². The quantitative estimate of drug-likeness (QED) is 0.902. The van der Waals surface area contributed by atoms with Crippen LogP contribution in [0.1, 0.15) is 37.8 Å². The van der Waals surface area contributed by atoms with Crippen molar-refractivity contribution in [1.29, 1.82) is 0 Å². The smallest absolute Gasteiger partial charge is 0.233 e. The number of aliphatic hydroxyl groups excluding tert-OH is 1. The summed E-state index contributed by atoms with van der Waals surface area (Å²) in [4.78, 5) is 14.6. The molecule has 0 saturated carbocycles. The van der Waals surface area contributed by atoms with Crippen LogP contribution in [0.15, 0.2) is 24.3 Å². The number of amides is 1. The van der Waals surface area contributed by atoms with Crippen molar-refractivity contribution >= 4 is 5.91 Å². The molecule has 1 unspecified atom stereocenters. The predicted octanol–water partition coefficient (Wildman–Crippen LogP) is 2.12. The molecule has 1 aliphatic rings. The Kier molecular flexibility index (Phi) is 4.25. The highest BCUT2D eigenvalue weighted by Gasteiger charge is 2.40. The second kappa shape index (κ2) is 5.74. The van der Waals surface area contributed by atoms with E-state index >= 15 is 0 Å². The molecule has 1 amide bonds. The monoisotopic (exact) mass is 261 g/mol. The van der Waals surface area contributed by atoms with Crippen LogP contribution in [-0.4, -0.2) is 35.6 Å². The minimum Gasteiger partial charge on any atom is -0.395 e. The summed E-state index contributed by atoms with van der Waals surface area (Å²) in [6, 6.07) is 8.26. The fourth-order valence-corrected chi connectivity index (χ4v) is 3.14. The molecule has 0 radical (unpaired) electrons. The van der Waals surface area contributed by atoms with Gasteiger partial charge in [-0.1, -0.05) is 24.3 Å². The normalized spacial score (nSPS) is 21.8. The maximum Gasteiger partial charge on any atom is 0.233 e. The number of rotatable bonds is 4. The average Bonchev–Trinajstić information content (AvgIpc) is 2.44. The number of carbonyl (C=O) groups excluding carboxylic acids is 1. The molecule has 0 saturated heterocycles. The molecular formula is C16H23NO2. The highest BCUT2D eigenvalue weighted by molar-refractivity contribution is 5.88. The van der Waals surface area contributed by atoms with Crippen molar-refractivity contribution in [2.24, 2.45) is 0 Å². The van der Waals surface area contributed by atoms with Crippen LogP contribution < -0.4 is 0 Å². The first-order valence-corrected chi connectivity index (χ1v) is 7.12. The highest BCUT2D eigenvalue weighted by atomic mass is 16.3. The lowest BCUT2D eigenvalue weighted by Gasteiger charge is -2.38. The summed E-state index contributed by atoms with van der Waals surface area (Å²) in [5, 5.41) is 9.10. The fourth-order valence-electron chi connectivity index (χ4n) is 3.14. The Morgan fingerprint density at radius 2 is 2.16 bits per heavy atom. The molecule has 0 fully saturated rings. The molecular weight excluding hydrogens is 238 g/mol. The molecule has 3 heteroatoms. The highest BCUT2D eigenvalue weighted by Crippen LogP contribution is 2.38. The van der Waals surface area contributed by atoms with E-state index in [1.165, 1.54) is 11.1 Å². The lowest BCUT2D eigenvalue weighted by molar-refractivity contribution is -0.137. The first-order valence-electron chi connectivity index (χ1n) is 7.12. The third-order valence-electron chi connectivity index (χ3n) is 4.25. The summed E-state index contributed by atoms with van der Waals surface area (Å²) in [6.45, 7) is 5.11. The zero-order chi connectivity index (χ0) is 13.9. The van der Waals surface area contributed by atoms with Gasteiger partial charge in [0.05, 0.1) is 12.0 Å². The van der Waals surface area contributed by atoms with Gasteiger partial charge in [-0.25, -0.2) is 0 Å². The van der Waals surface area contributed by atoms with Crippen molar-refractivity contribution in [2.45, 2.75) is 38.5 Å². The van der Waals surface area contributed by atoms with Crippen molar-refractivity contribution in [1.82, 2.24) is 4.90 Å². The number of hydrogen-bond acceptors (Lipinski definition) is 2. The molecule has 104 valence electrons. The summed E-state index contributed by atoms with van der Waals surface area (Å²) in [5.41, 5.74) is 2.03. The van der Waals surface area contributed by atoms with E-state index in [9.17, 15) is 4.79 Å². The van der Waals surface area contributed by atoms with E-state index in [0.717, 1.165) is 19.3 Å². The zero-order valence-corrected chi connectivity index (χ0v) is 11.9. The van der Waals surface area contributed by atoms with Crippen LogP contribution in [0.5, 0.6) is 0 Å². The molecule has 1 aliphatic carbocycles. The number of likely N-dealkylation sites (N-methyl/N-ethyl adjacent to an activating group) is 1. The Balaban J connectivity index is 2.35. The minimum atomic E-state index is -0.431. The van der Waals surface area contributed by atoms with Gasteiger partial charge in [-0.05, 0) is 44.2 Å². The van der Waals surface area contributed by atoms with E-state index < -0.39 is 5.41 Å². The van der Waals surface area contributed by atoms with Gasteiger partial charge in [0, 0.05) is 13.1 Å². The van der Waals surface area contributed by atoms with E-state index in [4.69, 9.17) is 5.11 Å². The first kappa shape index (κ1) is 14.1. The lowest BCUT2D eigenvalue weighted by atomic mass is 9.70. The van der Waals surface area contributed by atoms with E-state index in [0.29, 0.717) is 13.1 Å². The van der Waals surface area contributed by atoms with E-state index in [2.05, 4.69) is 12.1 Å². The predicted molar refractivity (Wildman–Crippen MR) is 76.1 cm³/mol. The van der Waals surface area contributed by atoms with Gasteiger partial charge >= 0.3 is 0 Å². The summed E-state index contributed by atoms with van der Waals surface area (Å²) < 4.78 is 0. The molecule has 0 heterocycles. The summed E-state index contributed by atoms with van der Waals surface area (Å²) in [5.74, 6) is 0.149.